The average Bonchev–Trinajstić information content (AvgIpc) is 2.99. The maximum atomic E-state index is 12.9. The van der Waals surface area contributed by atoms with E-state index in [1.165, 1.54) is 36.4 Å². The van der Waals surface area contributed by atoms with Gasteiger partial charge in [-0.3, -0.25) is 14.9 Å². The molecule has 0 atom stereocenters. The Morgan fingerprint density at radius 1 is 0.930 bits per heavy atom. The van der Waals surface area contributed by atoms with Crippen molar-refractivity contribution in [2.24, 2.45) is 0 Å². The van der Waals surface area contributed by atoms with Crippen molar-refractivity contribution < 1.29 is 27.3 Å². The minimum Gasteiger partial charge on any atom is -0.382 e. The molecule has 43 heavy (non-hydrogen) atoms. The van der Waals surface area contributed by atoms with Crippen molar-refractivity contribution in [1.29, 1.82) is 0 Å². The number of aromatic nitrogens is 1. The molecule has 2 amide bonds. The highest BCUT2D eigenvalue weighted by Gasteiger charge is 2.38. The Kier molecular flexibility index (Phi) is 10.2. The molecule has 3 aromatic rings. The second-order valence-electron chi connectivity index (χ2n) is 10.3. The lowest BCUT2D eigenvalue weighted by atomic mass is 9.95. The van der Waals surface area contributed by atoms with Gasteiger partial charge in [0.1, 0.15) is 17.2 Å². The Hall–Kier alpha value is -4.62. The molecule has 2 aromatic carbocycles. The lowest BCUT2D eigenvalue weighted by molar-refractivity contribution is -0.388. The molecular weight excluding hydrogens is 572 g/mol. The third kappa shape index (κ3) is 8.93. The summed E-state index contributed by atoms with van der Waals surface area (Å²) in [5, 5.41) is 16.4. The molecule has 0 radical (unpaired) electrons. The fraction of sp³-hybridized carbons (Fsp3) is 0.379. The van der Waals surface area contributed by atoms with Crippen LogP contribution < -0.4 is 21.1 Å². The highest BCUT2D eigenvalue weighted by molar-refractivity contribution is 5.89. The summed E-state index contributed by atoms with van der Waals surface area (Å²) in [5.74, 6) is 0.421. The van der Waals surface area contributed by atoms with Crippen LogP contribution in [0.5, 0.6) is 0 Å². The van der Waals surface area contributed by atoms with Crippen LogP contribution >= 0.6 is 0 Å². The number of nitrogens with one attached hydrogen (secondary N) is 3. The van der Waals surface area contributed by atoms with Crippen LogP contribution in [0.15, 0.2) is 65.5 Å². The standard InChI is InChI=1S/C16H17FN4O2.C13H15F3N2O2/c17-12-4-6-13(7-5-12)18-16(23)21-10-8-20(9-11-21)14-2-1-3-15(22)19-14;14-13(15,16)11-8-10(6-7-12(11)18(19)20)17-9-4-2-1-3-5-9/h1-7H,8-11H2,(H,18,23)(H,19,22);6-9,17H,1-5H2. The number of rotatable bonds is 5. The number of nitrogens with zero attached hydrogens (tertiary/aromatic N) is 3. The maximum absolute atomic E-state index is 12.9. The number of H-pyrrole nitrogens is 1. The first-order chi connectivity index (χ1) is 20.5. The number of urea groups is 1. The molecule has 1 saturated carbocycles. The Morgan fingerprint density at radius 2 is 1.58 bits per heavy atom. The van der Waals surface area contributed by atoms with Gasteiger partial charge in [-0.15, -0.1) is 0 Å². The number of aromatic amines is 1. The predicted molar refractivity (Wildman–Crippen MR) is 155 cm³/mol. The number of hydrogen-bond acceptors (Lipinski definition) is 6. The van der Waals surface area contributed by atoms with Crippen LogP contribution in [0.3, 0.4) is 0 Å². The van der Waals surface area contributed by atoms with Crippen molar-refractivity contribution in [1.82, 2.24) is 9.88 Å². The zero-order valence-electron chi connectivity index (χ0n) is 23.2. The van der Waals surface area contributed by atoms with Gasteiger partial charge in [0.2, 0.25) is 5.56 Å². The summed E-state index contributed by atoms with van der Waals surface area (Å²) in [4.78, 5) is 39.7. The molecule has 10 nitrogen and oxygen atoms in total. The van der Waals surface area contributed by atoms with Gasteiger partial charge in [0.15, 0.2) is 0 Å². The molecule has 5 rings (SSSR count). The number of amides is 2. The fourth-order valence-corrected chi connectivity index (χ4v) is 5.00. The summed E-state index contributed by atoms with van der Waals surface area (Å²) in [7, 11) is 0. The molecule has 0 spiro atoms. The van der Waals surface area contributed by atoms with E-state index in [4.69, 9.17) is 0 Å². The van der Waals surface area contributed by atoms with Crippen LogP contribution in [-0.2, 0) is 6.18 Å². The molecule has 14 heteroatoms. The largest absolute Gasteiger partial charge is 0.423 e. The molecule has 2 aliphatic rings. The molecule has 230 valence electrons. The SMILES string of the molecule is O=C(Nc1ccc(F)cc1)N1CCN(c2cccc(=O)[nH]2)CC1.O=[N+]([O-])c1ccc(NC2CCCCC2)cc1C(F)(F)F. The third-order valence-corrected chi connectivity index (χ3v) is 7.23. The van der Waals surface area contributed by atoms with Crippen molar-refractivity contribution in [3.8, 4) is 0 Å². The predicted octanol–water partition coefficient (Wildman–Crippen LogP) is 6.23. The van der Waals surface area contributed by atoms with Gasteiger partial charge < -0.3 is 25.4 Å². The number of hydrogen-bond donors (Lipinski definition) is 3. The molecule has 0 unspecified atom stereocenters. The number of carbonyl (C=O) groups excluding carboxylic acids is 1. The Bertz CT molecular complexity index is 1450. The third-order valence-electron chi connectivity index (χ3n) is 7.23. The summed E-state index contributed by atoms with van der Waals surface area (Å²) in [5.41, 5.74) is -1.41. The summed E-state index contributed by atoms with van der Waals surface area (Å²) in [6.45, 7) is 2.36. The van der Waals surface area contributed by atoms with Gasteiger partial charge in [0.05, 0.1) is 4.92 Å². The van der Waals surface area contributed by atoms with E-state index in [0.29, 0.717) is 31.9 Å². The Balaban J connectivity index is 0.000000199. The van der Waals surface area contributed by atoms with E-state index in [1.807, 2.05) is 11.0 Å². The van der Waals surface area contributed by atoms with Crippen LogP contribution in [0.4, 0.5) is 45.2 Å². The maximum Gasteiger partial charge on any atom is 0.423 e. The van der Waals surface area contributed by atoms with Gasteiger partial charge in [-0.2, -0.15) is 13.2 Å². The Morgan fingerprint density at radius 3 is 2.19 bits per heavy atom. The Labute approximate surface area is 244 Å². The summed E-state index contributed by atoms with van der Waals surface area (Å²) in [6, 6.07) is 13.7. The van der Waals surface area contributed by atoms with Gasteiger partial charge in [-0.25, -0.2) is 9.18 Å². The van der Waals surface area contributed by atoms with Crippen molar-refractivity contribution in [2.75, 3.05) is 41.7 Å². The number of carbonyl (C=O) groups is 1. The zero-order valence-corrected chi connectivity index (χ0v) is 23.2. The highest BCUT2D eigenvalue weighted by atomic mass is 19.4. The lowest BCUT2D eigenvalue weighted by Crippen LogP contribution is -2.50. The first-order valence-corrected chi connectivity index (χ1v) is 13.9. The molecule has 3 N–H and O–H groups in total. The molecule has 1 saturated heterocycles. The van der Waals surface area contributed by atoms with Crippen LogP contribution in [0.2, 0.25) is 0 Å². The molecular formula is C29H32F4N6O4. The number of halogens is 4. The van der Waals surface area contributed by atoms with E-state index >= 15 is 0 Å². The highest BCUT2D eigenvalue weighted by Crippen LogP contribution is 2.38. The van der Waals surface area contributed by atoms with E-state index in [2.05, 4.69) is 15.6 Å². The van der Waals surface area contributed by atoms with E-state index in [-0.39, 0.29) is 29.1 Å². The summed E-state index contributed by atoms with van der Waals surface area (Å²) >= 11 is 0. The van der Waals surface area contributed by atoms with Crippen molar-refractivity contribution in [3.05, 3.63) is 92.5 Å². The van der Waals surface area contributed by atoms with E-state index in [0.717, 1.165) is 50.1 Å². The van der Waals surface area contributed by atoms with E-state index < -0.39 is 22.4 Å². The molecule has 0 bridgehead atoms. The van der Waals surface area contributed by atoms with Crippen molar-refractivity contribution in [2.45, 2.75) is 44.3 Å². The van der Waals surface area contributed by atoms with Gasteiger partial charge in [0, 0.05) is 55.7 Å². The number of anilines is 3. The van der Waals surface area contributed by atoms with Crippen LogP contribution in [-0.4, -0.2) is 53.1 Å². The van der Waals surface area contributed by atoms with E-state index in [1.54, 1.807) is 11.0 Å². The number of nitro benzene ring substituents is 1. The average molecular weight is 605 g/mol. The zero-order chi connectivity index (χ0) is 31.0. The second kappa shape index (κ2) is 14.0. The summed E-state index contributed by atoms with van der Waals surface area (Å²) in [6.07, 6.45) is 0.350. The number of pyridine rings is 1. The smallest absolute Gasteiger partial charge is 0.382 e. The lowest BCUT2D eigenvalue weighted by Gasteiger charge is -2.35. The molecule has 1 aliphatic heterocycles. The number of nitro groups is 1. The summed E-state index contributed by atoms with van der Waals surface area (Å²) < 4.78 is 51.4. The second-order valence-corrected chi connectivity index (χ2v) is 10.3. The monoisotopic (exact) mass is 604 g/mol. The number of piperazine rings is 1. The topological polar surface area (TPSA) is 124 Å². The first kappa shape index (κ1) is 31.3. The quantitative estimate of drug-likeness (QED) is 0.180. The van der Waals surface area contributed by atoms with Crippen molar-refractivity contribution in [3.63, 3.8) is 0 Å². The molecule has 1 aromatic heterocycles. The minimum atomic E-state index is -4.73. The van der Waals surface area contributed by atoms with Crippen molar-refractivity contribution >= 4 is 28.9 Å². The van der Waals surface area contributed by atoms with E-state index in [9.17, 15) is 37.3 Å². The van der Waals surface area contributed by atoms with Crippen LogP contribution in [0.25, 0.3) is 0 Å². The van der Waals surface area contributed by atoms with Gasteiger partial charge >= 0.3 is 12.2 Å². The molecule has 2 heterocycles. The number of benzene rings is 2. The minimum absolute atomic E-state index is 0.140. The van der Waals surface area contributed by atoms with Gasteiger partial charge in [-0.05, 0) is 55.3 Å². The van der Waals surface area contributed by atoms with Crippen LogP contribution in [0, 0.1) is 15.9 Å². The number of alkyl halides is 3. The fourth-order valence-electron chi connectivity index (χ4n) is 5.00. The first-order valence-electron chi connectivity index (χ1n) is 13.9. The normalized spacial score (nSPS) is 15.7. The van der Waals surface area contributed by atoms with Gasteiger partial charge in [0.25, 0.3) is 5.69 Å². The molecule has 2 fully saturated rings. The van der Waals surface area contributed by atoms with Gasteiger partial charge in [-0.1, -0.05) is 25.3 Å². The molecule has 1 aliphatic carbocycles. The van der Waals surface area contributed by atoms with Crippen LogP contribution in [0.1, 0.15) is 37.7 Å².